The molecular weight excluding hydrogens is 385 g/mol. The Morgan fingerprint density at radius 3 is 2.79 bits per heavy atom. The summed E-state index contributed by atoms with van der Waals surface area (Å²) in [5.41, 5.74) is 0.00944. The van der Waals surface area contributed by atoms with Crippen molar-refractivity contribution in [2.24, 2.45) is 0 Å². The third-order valence-electron chi connectivity index (χ3n) is 5.13. The van der Waals surface area contributed by atoms with Crippen molar-refractivity contribution in [1.29, 1.82) is 0 Å². The van der Waals surface area contributed by atoms with Gasteiger partial charge in [-0.15, -0.1) is 0 Å². The molecule has 4 rings (SSSR count). The molecule has 0 saturated carbocycles. The average molecular weight is 406 g/mol. The van der Waals surface area contributed by atoms with Gasteiger partial charge >= 0.3 is 6.18 Å². The van der Waals surface area contributed by atoms with Gasteiger partial charge in [0.1, 0.15) is 22.7 Å². The number of anilines is 3. The smallest absolute Gasteiger partial charge is 0.370 e. The lowest BCUT2D eigenvalue weighted by Crippen LogP contribution is -2.30. The van der Waals surface area contributed by atoms with Crippen molar-refractivity contribution in [1.82, 2.24) is 29.3 Å². The van der Waals surface area contributed by atoms with E-state index in [1.807, 2.05) is 24.0 Å². The van der Waals surface area contributed by atoms with Crippen LogP contribution in [0.15, 0.2) is 24.8 Å². The van der Waals surface area contributed by atoms with Crippen LogP contribution in [0, 0.1) is 6.92 Å². The molecule has 4 heterocycles. The number of imidazole rings is 1. The Kier molecular flexibility index (Phi) is 4.47. The number of nitrogens with zero attached hydrogens (tertiary/aromatic N) is 6. The van der Waals surface area contributed by atoms with Gasteiger partial charge in [0.15, 0.2) is 0 Å². The Labute approximate surface area is 165 Å². The molecule has 0 unspecified atom stereocenters. The van der Waals surface area contributed by atoms with Crippen LogP contribution < -0.4 is 10.6 Å². The van der Waals surface area contributed by atoms with E-state index in [0.717, 1.165) is 25.0 Å². The molecule has 1 aliphatic heterocycles. The Bertz CT molecular complexity index is 1040. The van der Waals surface area contributed by atoms with Gasteiger partial charge in [-0.25, -0.2) is 9.97 Å². The highest BCUT2D eigenvalue weighted by Gasteiger charge is 2.39. The lowest BCUT2D eigenvalue weighted by atomic mass is 10.0. The molecule has 11 heteroatoms. The van der Waals surface area contributed by atoms with Gasteiger partial charge in [-0.3, -0.25) is 4.68 Å². The zero-order chi connectivity index (χ0) is 20.8. The molecule has 0 amide bonds. The van der Waals surface area contributed by atoms with Crippen molar-refractivity contribution < 1.29 is 13.2 Å². The number of hydrogen-bond donors (Lipinski definition) is 2. The van der Waals surface area contributed by atoms with E-state index in [1.54, 1.807) is 13.1 Å². The summed E-state index contributed by atoms with van der Waals surface area (Å²) in [5, 5.41) is 10.2. The van der Waals surface area contributed by atoms with Gasteiger partial charge < -0.3 is 15.2 Å². The Hall–Kier alpha value is -3.11. The molecule has 3 aromatic rings. The second-order valence-electron chi connectivity index (χ2n) is 7.15. The Morgan fingerprint density at radius 2 is 2.07 bits per heavy atom. The van der Waals surface area contributed by atoms with Crippen molar-refractivity contribution >= 4 is 17.5 Å². The van der Waals surface area contributed by atoms with Crippen LogP contribution in [0.4, 0.5) is 30.6 Å². The molecule has 1 aliphatic rings. The molecule has 8 nitrogen and oxygen atoms in total. The molecule has 1 atom stereocenters. The summed E-state index contributed by atoms with van der Waals surface area (Å²) in [6, 6.07) is 0. The van der Waals surface area contributed by atoms with Crippen LogP contribution in [0.25, 0.3) is 0 Å². The van der Waals surface area contributed by atoms with Gasteiger partial charge in [-0.1, -0.05) is 0 Å². The predicted molar refractivity (Wildman–Crippen MR) is 101 cm³/mol. The van der Waals surface area contributed by atoms with Crippen LogP contribution in [0.5, 0.6) is 0 Å². The van der Waals surface area contributed by atoms with Gasteiger partial charge in [-0.05, 0) is 27.2 Å². The van der Waals surface area contributed by atoms with Gasteiger partial charge in [-0.2, -0.15) is 23.3 Å². The van der Waals surface area contributed by atoms with Crippen LogP contribution in [-0.2, 0) is 18.3 Å². The summed E-state index contributed by atoms with van der Waals surface area (Å²) in [6.45, 7) is 6.74. The van der Waals surface area contributed by atoms with E-state index in [0.29, 0.717) is 17.9 Å². The largest absolute Gasteiger partial charge is 0.421 e. The molecule has 0 fully saturated rings. The highest BCUT2D eigenvalue weighted by Crippen LogP contribution is 2.36. The third-order valence-corrected chi connectivity index (χ3v) is 5.13. The number of halogens is 3. The highest BCUT2D eigenvalue weighted by atomic mass is 19.4. The molecule has 3 aromatic heterocycles. The summed E-state index contributed by atoms with van der Waals surface area (Å²) in [7, 11) is 0. The number of fused-ring (bicyclic) bond motifs is 1. The maximum atomic E-state index is 13.1. The standard InChI is InChI=1S/C18H21F3N8/c1-4-22-14-12(18(19,20)21)9-24-16(26-14)25-13-10-29(27-11(13)2)17(3)5-7-28-8-6-23-15(17)28/h6,8-10H,4-5,7H2,1-3H3,(H2,22,24,25,26)/t17-/m1/s1. The minimum absolute atomic E-state index is 0.0645. The topological polar surface area (TPSA) is 85.5 Å². The monoisotopic (exact) mass is 406 g/mol. The number of rotatable bonds is 5. The summed E-state index contributed by atoms with van der Waals surface area (Å²) in [5.74, 6) is 0.730. The van der Waals surface area contributed by atoms with Crippen LogP contribution in [0.1, 0.15) is 37.4 Å². The number of alkyl halides is 3. The van der Waals surface area contributed by atoms with Crippen LogP contribution in [0.3, 0.4) is 0 Å². The molecule has 0 saturated heterocycles. The van der Waals surface area contributed by atoms with E-state index in [1.165, 1.54) is 0 Å². The number of nitrogens with one attached hydrogen (secondary N) is 2. The normalized spacial score (nSPS) is 18.7. The highest BCUT2D eigenvalue weighted by molar-refractivity contribution is 5.58. The summed E-state index contributed by atoms with van der Waals surface area (Å²) in [4.78, 5) is 12.3. The third kappa shape index (κ3) is 3.30. The zero-order valence-electron chi connectivity index (χ0n) is 16.2. The summed E-state index contributed by atoms with van der Waals surface area (Å²) < 4.78 is 43.4. The molecule has 2 N–H and O–H groups in total. The Morgan fingerprint density at radius 1 is 1.28 bits per heavy atom. The molecule has 0 spiro atoms. The number of aromatic nitrogens is 6. The van der Waals surface area contributed by atoms with E-state index < -0.39 is 17.3 Å². The van der Waals surface area contributed by atoms with E-state index in [2.05, 4.69) is 42.2 Å². The summed E-state index contributed by atoms with van der Waals surface area (Å²) in [6.07, 6.45) is 2.61. The van der Waals surface area contributed by atoms with Gasteiger partial charge in [0, 0.05) is 37.9 Å². The lowest BCUT2D eigenvalue weighted by Gasteiger charge is -2.23. The lowest BCUT2D eigenvalue weighted by molar-refractivity contribution is -0.137. The van der Waals surface area contributed by atoms with Crippen molar-refractivity contribution in [2.75, 3.05) is 17.2 Å². The second kappa shape index (κ2) is 6.75. The fraction of sp³-hybridized carbons (Fsp3) is 0.444. The fourth-order valence-electron chi connectivity index (χ4n) is 3.53. The molecular formula is C18H21F3N8. The van der Waals surface area contributed by atoms with Crippen LogP contribution >= 0.6 is 0 Å². The maximum absolute atomic E-state index is 13.1. The van der Waals surface area contributed by atoms with Crippen molar-refractivity contribution in [3.8, 4) is 0 Å². The summed E-state index contributed by atoms with van der Waals surface area (Å²) >= 11 is 0. The van der Waals surface area contributed by atoms with Crippen molar-refractivity contribution in [2.45, 2.75) is 45.5 Å². The first kappa shape index (κ1) is 19.2. The molecule has 0 radical (unpaired) electrons. The van der Waals surface area contributed by atoms with E-state index >= 15 is 0 Å². The van der Waals surface area contributed by atoms with Gasteiger partial charge in [0.25, 0.3) is 0 Å². The first-order valence-corrected chi connectivity index (χ1v) is 9.26. The quantitative estimate of drug-likeness (QED) is 0.674. The maximum Gasteiger partial charge on any atom is 0.421 e. The fourth-order valence-corrected chi connectivity index (χ4v) is 3.53. The molecule has 154 valence electrons. The predicted octanol–water partition coefficient (Wildman–Crippen LogP) is 3.54. The van der Waals surface area contributed by atoms with Gasteiger partial charge in [0.05, 0.1) is 11.4 Å². The van der Waals surface area contributed by atoms with E-state index in [-0.39, 0.29) is 11.8 Å². The van der Waals surface area contributed by atoms with Gasteiger partial charge in [0.2, 0.25) is 5.95 Å². The molecule has 0 aromatic carbocycles. The molecule has 0 aliphatic carbocycles. The van der Waals surface area contributed by atoms with Crippen molar-refractivity contribution in [3.63, 3.8) is 0 Å². The average Bonchev–Trinajstić information content (AvgIpc) is 3.33. The minimum atomic E-state index is -4.53. The SMILES string of the molecule is CCNc1nc(Nc2cn([C@]3(C)CCn4ccnc43)nc2C)ncc1C(F)(F)F. The van der Waals surface area contributed by atoms with E-state index in [9.17, 15) is 13.2 Å². The van der Waals surface area contributed by atoms with Crippen LogP contribution in [0.2, 0.25) is 0 Å². The van der Waals surface area contributed by atoms with Crippen LogP contribution in [-0.4, -0.2) is 35.8 Å². The minimum Gasteiger partial charge on any atom is -0.370 e. The molecule has 29 heavy (non-hydrogen) atoms. The van der Waals surface area contributed by atoms with E-state index in [4.69, 9.17) is 0 Å². The number of hydrogen-bond acceptors (Lipinski definition) is 6. The zero-order valence-corrected chi connectivity index (χ0v) is 16.2. The Balaban J connectivity index is 1.64. The van der Waals surface area contributed by atoms with Crippen molar-refractivity contribution in [3.05, 3.63) is 41.9 Å². The first-order valence-electron chi connectivity index (χ1n) is 9.26. The second-order valence-corrected chi connectivity index (χ2v) is 7.15. The first-order chi connectivity index (χ1) is 13.7. The molecule has 0 bridgehead atoms. The number of aryl methyl sites for hydroxylation is 2.